The summed E-state index contributed by atoms with van der Waals surface area (Å²) in [6.07, 6.45) is 0. The van der Waals surface area contributed by atoms with Crippen LogP contribution < -0.4 is 16.0 Å². The van der Waals surface area contributed by atoms with Gasteiger partial charge < -0.3 is 20.7 Å². The average Bonchev–Trinajstić information content (AvgIpc) is 2.38. The van der Waals surface area contributed by atoms with Crippen molar-refractivity contribution in [3.63, 3.8) is 0 Å². The highest BCUT2D eigenvalue weighted by Crippen LogP contribution is 2.11. The molecule has 18 heavy (non-hydrogen) atoms. The third-order valence-electron chi connectivity index (χ3n) is 2.44. The minimum Gasteiger partial charge on any atom is -0.378 e. The first-order valence-corrected chi connectivity index (χ1v) is 5.98. The average molecular weight is 251 g/mol. The molecule has 100 valence electrons. The number of amides is 1. The highest BCUT2D eigenvalue weighted by Gasteiger charge is 2.04. The molecule has 0 atom stereocenters. The van der Waals surface area contributed by atoms with Gasteiger partial charge in [-0.1, -0.05) is 0 Å². The van der Waals surface area contributed by atoms with E-state index in [0.717, 1.165) is 5.69 Å². The molecule has 0 spiro atoms. The predicted octanol–water partition coefficient (Wildman–Crippen LogP) is 0.458. The van der Waals surface area contributed by atoms with Gasteiger partial charge in [-0.3, -0.25) is 4.79 Å². The number of carbonyl (C=O) groups excluding carboxylic acids is 1. The normalized spacial score (nSPS) is 10.2. The Hall–Kier alpha value is -1.59. The van der Waals surface area contributed by atoms with Crippen molar-refractivity contribution in [3.05, 3.63) is 29.8 Å². The van der Waals surface area contributed by atoms with Crippen molar-refractivity contribution in [3.8, 4) is 0 Å². The van der Waals surface area contributed by atoms with E-state index >= 15 is 0 Å². The molecule has 0 aliphatic rings. The van der Waals surface area contributed by atoms with Gasteiger partial charge in [0.2, 0.25) is 0 Å². The van der Waals surface area contributed by atoms with Crippen LogP contribution in [-0.2, 0) is 4.74 Å². The van der Waals surface area contributed by atoms with Crippen LogP contribution in [0, 0.1) is 0 Å². The number of carbonyl (C=O) groups is 1. The molecule has 3 N–H and O–H groups in total. The molecule has 1 rings (SSSR count). The maximum atomic E-state index is 11.8. The molecule has 0 radical (unpaired) electrons. The molecule has 0 aromatic heterocycles. The van der Waals surface area contributed by atoms with Gasteiger partial charge in [0.25, 0.3) is 5.91 Å². The van der Waals surface area contributed by atoms with Crippen molar-refractivity contribution in [1.29, 1.82) is 0 Å². The third-order valence-corrected chi connectivity index (χ3v) is 2.44. The number of benzene rings is 1. The predicted molar refractivity (Wildman–Crippen MR) is 73.0 cm³/mol. The zero-order valence-corrected chi connectivity index (χ0v) is 11.0. The highest BCUT2D eigenvalue weighted by atomic mass is 16.5. The fourth-order valence-electron chi connectivity index (χ4n) is 1.44. The van der Waals surface area contributed by atoms with Gasteiger partial charge in [-0.05, 0) is 24.3 Å². The number of rotatable bonds is 7. The van der Waals surface area contributed by atoms with E-state index in [9.17, 15) is 4.79 Å². The smallest absolute Gasteiger partial charge is 0.251 e. The molecule has 0 fully saturated rings. The Kier molecular flexibility index (Phi) is 6.18. The third kappa shape index (κ3) is 4.73. The summed E-state index contributed by atoms with van der Waals surface area (Å²) < 4.78 is 5.17. The largest absolute Gasteiger partial charge is 0.378 e. The lowest BCUT2D eigenvalue weighted by Gasteiger charge is -2.12. The summed E-state index contributed by atoms with van der Waals surface area (Å²) in [5, 5.41) is 2.79. The lowest BCUT2D eigenvalue weighted by Crippen LogP contribution is -2.27. The Balaban J connectivity index is 2.37. The summed E-state index contributed by atoms with van der Waals surface area (Å²) in [5.41, 5.74) is 7.00. The van der Waals surface area contributed by atoms with Crippen molar-refractivity contribution in [2.24, 2.45) is 5.73 Å². The summed E-state index contributed by atoms with van der Waals surface area (Å²) in [4.78, 5) is 13.7. The summed E-state index contributed by atoms with van der Waals surface area (Å²) in [7, 11) is 3.92. The van der Waals surface area contributed by atoms with Crippen LogP contribution in [0.1, 0.15) is 10.4 Å². The van der Waals surface area contributed by atoms with Crippen molar-refractivity contribution < 1.29 is 9.53 Å². The second-order valence-electron chi connectivity index (χ2n) is 4.10. The zero-order chi connectivity index (χ0) is 13.4. The van der Waals surface area contributed by atoms with E-state index in [1.807, 2.05) is 43.3 Å². The first-order valence-electron chi connectivity index (χ1n) is 5.98. The molecule has 1 aromatic carbocycles. The van der Waals surface area contributed by atoms with Gasteiger partial charge >= 0.3 is 0 Å². The van der Waals surface area contributed by atoms with E-state index in [2.05, 4.69) is 5.32 Å². The minimum atomic E-state index is -0.0864. The van der Waals surface area contributed by atoms with Crippen LogP contribution in [0.25, 0.3) is 0 Å². The van der Waals surface area contributed by atoms with Crippen LogP contribution >= 0.6 is 0 Å². The van der Waals surface area contributed by atoms with E-state index in [-0.39, 0.29) is 5.91 Å². The van der Waals surface area contributed by atoms with E-state index in [4.69, 9.17) is 10.5 Å². The molecule has 0 heterocycles. The fourth-order valence-corrected chi connectivity index (χ4v) is 1.44. The lowest BCUT2D eigenvalue weighted by molar-refractivity contribution is 0.0920. The molecule has 0 bridgehead atoms. The Morgan fingerprint density at radius 1 is 1.28 bits per heavy atom. The molecule has 1 amide bonds. The Bertz CT molecular complexity index is 363. The molecule has 0 aliphatic carbocycles. The lowest BCUT2D eigenvalue weighted by atomic mass is 10.2. The molecule has 5 nitrogen and oxygen atoms in total. The number of nitrogens with zero attached hydrogens (tertiary/aromatic N) is 1. The number of anilines is 1. The van der Waals surface area contributed by atoms with Crippen LogP contribution in [0.3, 0.4) is 0 Å². The molecule has 1 aromatic rings. The van der Waals surface area contributed by atoms with E-state index in [0.29, 0.717) is 31.9 Å². The molecular weight excluding hydrogens is 230 g/mol. The van der Waals surface area contributed by atoms with Gasteiger partial charge in [0, 0.05) is 38.4 Å². The van der Waals surface area contributed by atoms with E-state index in [1.165, 1.54) is 0 Å². The summed E-state index contributed by atoms with van der Waals surface area (Å²) in [6.45, 7) is 2.00. The van der Waals surface area contributed by atoms with Gasteiger partial charge in [0.15, 0.2) is 0 Å². The SMILES string of the molecule is CN(C)c1ccc(C(=O)NCCOCCN)cc1. The number of hydrogen-bond acceptors (Lipinski definition) is 4. The number of ether oxygens (including phenoxy) is 1. The second-order valence-corrected chi connectivity index (χ2v) is 4.10. The van der Waals surface area contributed by atoms with Gasteiger partial charge in [-0.2, -0.15) is 0 Å². The number of nitrogens with two attached hydrogens (primary N) is 1. The Morgan fingerprint density at radius 3 is 2.50 bits per heavy atom. The Morgan fingerprint density at radius 2 is 1.94 bits per heavy atom. The second kappa shape index (κ2) is 7.68. The molecule has 0 saturated heterocycles. The van der Waals surface area contributed by atoms with Crippen LogP contribution in [0.5, 0.6) is 0 Å². The van der Waals surface area contributed by atoms with Crippen molar-refractivity contribution >= 4 is 11.6 Å². The first kappa shape index (κ1) is 14.5. The van der Waals surface area contributed by atoms with Crippen molar-refractivity contribution in [2.75, 3.05) is 45.3 Å². The summed E-state index contributed by atoms with van der Waals surface area (Å²) in [5.74, 6) is -0.0864. The zero-order valence-electron chi connectivity index (χ0n) is 11.0. The van der Waals surface area contributed by atoms with Crippen LogP contribution in [-0.4, -0.2) is 46.3 Å². The molecule has 5 heteroatoms. The van der Waals surface area contributed by atoms with Crippen LogP contribution in [0.15, 0.2) is 24.3 Å². The molecular formula is C13H21N3O2. The van der Waals surface area contributed by atoms with Gasteiger partial charge in [-0.15, -0.1) is 0 Å². The molecule has 0 saturated carbocycles. The van der Waals surface area contributed by atoms with Crippen LogP contribution in [0.2, 0.25) is 0 Å². The first-order chi connectivity index (χ1) is 8.65. The van der Waals surface area contributed by atoms with Gasteiger partial charge in [0.05, 0.1) is 13.2 Å². The monoisotopic (exact) mass is 251 g/mol. The summed E-state index contributed by atoms with van der Waals surface area (Å²) in [6, 6.07) is 7.45. The maximum Gasteiger partial charge on any atom is 0.251 e. The number of nitrogens with one attached hydrogen (secondary N) is 1. The van der Waals surface area contributed by atoms with E-state index < -0.39 is 0 Å². The highest BCUT2D eigenvalue weighted by molar-refractivity contribution is 5.94. The number of hydrogen-bond donors (Lipinski definition) is 2. The minimum absolute atomic E-state index is 0.0864. The molecule has 0 aliphatic heterocycles. The van der Waals surface area contributed by atoms with Gasteiger partial charge in [0.1, 0.15) is 0 Å². The van der Waals surface area contributed by atoms with Crippen LogP contribution in [0.4, 0.5) is 5.69 Å². The molecule has 0 unspecified atom stereocenters. The topological polar surface area (TPSA) is 67.6 Å². The van der Waals surface area contributed by atoms with Crippen molar-refractivity contribution in [1.82, 2.24) is 5.32 Å². The fraction of sp³-hybridized carbons (Fsp3) is 0.462. The quantitative estimate of drug-likeness (QED) is 0.691. The maximum absolute atomic E-state index is 11.8. The van der Waals surface area contributed by atoms with Crippen molar-refractivity contribution in [2.45, 2.75) is 0 Å². The van der Waals surface area contributed by atoms with E-state index in [1.54, 1.807) is 0 Å². The van der Waals surface area contributed by atoms with Gasteiger partial charge in [-0.25, -0.2) is 0 Å². The Labute approximate surface area is 108 Å². The standard InChI is InChI=1S/C13H21N3O2/c1-16(2)12-5-3-11(4-6-12)13(17)15-8-10-18-9-7-14/h3-6H,7-10,14H2,1-2H3,(H,15,17). The summed E-state index contributed by atoms with van der Waals surface area (Å²) >= 11 is 0.